The predicted molar refractivity (Wildman–Crippen MR) is 41.2 cm³/mol. The normalized spacial score (nSPS) is 9.43. The molecule has 0 unspecified atom stereocenters. The summed E-state index contributed by atoms with van der Waals surface area (Å²) in [6.07, 6.45) is 1.89. The van der Waals surface area contributed by atoms with Crippen molar-refractivity contribution >= 4 is 38.5 Å². The molecule has 0 fully saturated rings. The van der Waals surface area contributed by atoms with Crippen molar-refractivity contribution < 1.29 is 0 Å². The molecule has 1 N–H and O–H groups in total. The van der Waals surface area contributed by atoms with E-state index in [4.69, 9.17) is 0 Å². The molecule has 3 heteroatoms. The highest BCUT2D eigenvalue weighted by atomic mass is 127. The van der Waals surface area contributed by atoms with Crippen LogP contribution < -0.4 is 0 Å². The molecular formula is C4H3BrIN. The van der Waals surface area contributed by atoms with Gasteiger partial charge in [-0.1, -0.05) is 0 Å². The first kappa shape index (κ1) is 5.62. The largest absolute Gasteiger partial charge is 0.355 e. The van der Waals surface area contributed by atoms with Gasteiger partial charge < -0.3 is 4.98 Å². The van der Waals surface area contributed by atoms with Gasteiger partial charge in [-0.05, 0) is 44.6 Å². The fourth-order valence-electron chi connectivity index (χ4n) is 0.330. The van der Waals surface area contributed by atoms with E-state index in [9.17, 15) is 0 Å². The molecular weight excluding hydrogens is 269 g/mol. The van der Waals surface area contributed by atoms with Crippen LogP contribution >= 0.6 is 38.5 Å². The summed E-state index contributed by atoms with van der Waals surface area (Å²) in [5.41, 5.74) is 0. The van der Waals surface area contributed by atoms with Crippen LogP contribution in [-0.2, 0) is 0 Å². The highest BCUT2D eigenvalue weighted by molar-refractivity contribution is 14.1. The van der Waals surface area contributed by atoms with Crippen LogP contribution in [0.4, 0.5) is 0 Å². The Morgan fingerprint density at radius 1 is 1.71 bits per heavy atom. The summed E-state index contributed by atoms with van der Waals surface area (Å²) >= 11 is 5.54. The van der Waals surface area contributed by atoms with Crippen molar-refractivity contribution in [3.63, 3.8) is 0 Å². The standard InChI is InChI=1S/C4H3BrIN/c5-4-3(6)1-2-7-4/h1-2,7H. The summed E-state index contributed by atoms with van der Waals surface area (Å²) < 4.78 is 2.28. The number of halogens is 2. The van der Waals surface area contributed by atoms with Crippen LogP contribution in [0.2, 0.25) is 0 Å². The quantitative estimate of drug-likeness (QED) is 0.698. The van der Waals surface area contributed by atoms with Crippen LogP contribution in [0.25, 0.3) is 0 Å². The molecule has 0 saturated carbocycles. The molecule has 7 heavy (non-hydrogen) atoms. The maximum atomic E-state index is 3.30. The van der Waals surface area contributed by atoms with E-state index in [-0.39, 0.29) is 0 Å². The number of H-pyrrole nitrogens is 1. The molecule has 0 aliphatic rings. The number of hydrogen-bond acceptors (Lipinski definition) is 0. The van der Waals surface area contributed by atoms with Gasteiger partial charge in [0.2, 0.25) is 0 Å². The molecule has 0 amide bonds. The summed E-state index contributed by atoms with van der Waals surface area (Å²) in [5, 5.41) is 0. The van der Waals surface area contributed by atoms with Gasteiger partial charge in [0.25, 0.3) is 0 Å². The highest BCUT2D eigenvalue weighted by Gasteiger charge is 1.90. The lowest BCUT2D eigenvalue weighted by Crippen LogP contribution is -1.59. The summed E-state index contributed by atoms with van der Waals surface area (Å²) in [4.78, 5) is 2.98. The predicted octanol–water partition coefficient (Wildman–Crippen LogP) is 2.38. The topological polar surface area (TPSA) is 15.8 Å². The average molecular weight is 272 g/mol. The SMILES string of the molecule is Brc1[nH]ccc1I. The van der Waals surface area contributed by atoms with Crippen molar-refractivity contribution in [3.05, 3.63) is 20.4 Å². The van der Waals surface area contributed by atoms with E-state index < -0.39 is 0 Å². The van der Waals surface area contributed by atoms with E-state index >= 15 is 0 Å². The van der Waals surface area contributed by atoms with Gasteiger partial charge in [-0.15, -0.1) is 0 Å². The van der Waals surface area contributed by atoms with Crippen LogP contribution in [0.5, 0.6) is 0 Å². The summed E-state index contributed by atoms with van der Waals surface area (Å²) in [7, 11) is 0. The minimum absolute atomic E-state index is 1.06. The fourth-order valence-corrected chi connectivity index (χ4v) is 0.930. The smallest absolute Gasteiger partial charge is 0.0955 e. The van der Waals surface area contributed by atoms with Gasteiger partial charge in [-0.3, -0.25) is 0 Å². The maximum Gasteiger partial charge on any atom is 0.0955 e. The highest BCUT2D eigenvalue weighted by Crippen LogP contribution is 2.14. The van der Waals surface area contributed by atoms with Crippen molar-refractivity contribution in [3.8, 4) is 0 Å². The molecule has 0 bridgehead atoms. The molecule has 0 aliphatic heterocycles. The number of aromatic amines is 1. The van der Waals surface area contributed by atoms with Crippen LogP contribution in [-0.4, -0.2) is 4.98 Å². The van der Waals surface area contributed by atoms with Gasteiger partial charge in [0.05, 0.1) is 4.60 Å². The van der Waals surface area contributed by atoms with E-state index in [1.54, 1.807) is 0 Å². The Morgan fingerprint density at radius 2 is 2.43 bits per heavy atom. The monoisotopic (exact) mass is 271 g/mol. The molecule has 1 heterocycles. The molecule has 1 nitrogen and oxygen atoms in total. The average Bonchev–Trinajstić information content (AvgIpc) is 1.91. The minimum Gasteiger partial charge on any atom is -0.355 e. The maximum absolute atomic E-state index is 3.30. The molecule has 1 rings (SSSR count). The van der Waals surface area contributed by atoms with Gasteiger partial charge >= 0.3 is 0 Å². The zero-order valence-electron chi connectivity index (χ0n) is 3.41. The molecule has 0 atom stereocenters. The van der Waals surface area contributed by atoms with Gasteiger partial charge in [0.1, 0.15) is 0 Å². The Labute approximate surface area is 63.8 Å². The van der Waals surface area contributed by atoms with Gasteiger partial charge in [0.15, 0.2) is 0 Å². The second-order valence-corrected chi connectivity index (χ2v) is 3.09. The summed E-state index contributed by atoms with van der Waals surface area (Å²) in [5.74, 6) is 0. The van der Waals surface area contributed by atoms with E-state index in [0.29, 0.717) is 0 Å². The molecule has 1 aromatic rings. The molecule has 0 radical (unpaired) electrons. The molecule has 0 spiro atoms. The molecule has 0 aromatic carbocycles. The van der Waals surface area contributed by atoms with Crippen molar-refractivity contribution in [2.45, 2.75) is 0 Å². The van der Waals surface area contributed by atoms with Crippen molar-refractivity contribution in [2.75, 3.05) is 0 Å². The van der Waals surface area contributed by atoms with Crippen molar-refractivity contribution in [1.82, 2.24) is 4.98 Å². The Kier molecular flexibility index (Phi) is 1.74. The number of rotatable bonds is 0. The lowest BCUT2D eigenvalue weighted by Gasteiger charge is -1.76. The van der Waals surface area contributed by atoms with E-state index in [2.05, 4.69) is 43.5 Å². The zero-order chi connectivity index (χ0) is 5.28. The lowest BCUT2D eigenvalue weighted by molar-refractivity contribution is 1.35. The molecule has 1 aromatic heterocycles. The first-order valence-corrected chi connectivity index (χ1v) is 3.66. The third kappa shape index (κ3) is 1.19. The lowest BCUT2D eigenvalue weighted by atomic mass is 10.7. The van der Waals surface area contributed by atoms with Crippen LogP contribution in [0.1, 0.15) is 0 Å². The van der Waals surface area contributed by atoms with Crippen molar-refractivity contribution in [1.29, 1.82) is 0 Å². The van der Waals surface area contributed by atoms with E-state index in [1.165, 1.54) is 3.57 Å². The molecule has 0 aliphatic carbocycles. The summed E-state index contributed by atoms with van der Waals surface area (Å²) in [6, 6.07) is 2.00. The van der Waals surface area contributed by atoms with Crippen LogP contribution in [0.15, 0.2) is 16.9 Å². The fraction of sp³-hybridized carbons (Fsp3) is 0. The Morgan fingerprint density at radius 3 is 2.57 bits per heavy atom. The third-order valence-corrected chi connectivity index (χ3v) is 2.95. The molecule has 0 saturated heterocycles. The number of nitrogens with one attached hydrogen (secondary N) is 1. The van der Waals surface area contributed by atoms with Crippen LogP contribution in [0.3, 0.4) is 0 Å². The summed E-state index contributed by atoms with van der Waals surface area (Å²) in [6.45, 7) is 0. The second-order valence-electron chi connectivity index (χ2n) is 1.14. The third-order valence-electron chi connectivity index (χ3n) is 0.649. The Bertz CT molecular complexity index is 144. The van der Waals surface area contributed by atoms with Gasteiger partial charge in [-0.2, -0.15) is 0 Å². The van der Waals surface area contributed by atoms with E-state index in [1.807, 2.05) is 12.3 Å². The van der Waals surface area contributed by atoms with Gasteiger partial charge in [-0.25, -0.2) is 0 Å². The number of hydrogen-bond donors (Lipinski definition) is 1. The second kappa shape index (κ2) is 2.17. The minimum atomic E-state index is 1.06. The molecule has 38 valence electrons. The van der Waals surface area contributed by atoms with Crippen LogP contribution in [0, 0.1) is 3.57 Å². The van der Waals surface area contributed by atoms with E-state index in [0.717, 1.165) is 4.60 Å². The number of aromatic nitrogens is 1. The van der Waals surface area contributed by atoms with Gasteiger partial charge in [0, 0.05) is 9.77 Å². The Balaban J connectivity index is 3.12. The first-order valence-electron chi connectivity index (χ1n) is 1.79. The Hall–Kier alpha value is 0.490. The van der Waals surface area contributed by atoms with Crippen molar-refractivity contribution in [2.24, 2.45) is 0 Å². The first-order chi connectivity index (χ1) is 3.30. The zero-order valence-corrected chi connectivity index (χ0v) is 7.15.